The van der Waals surface area contributed by atoms with Crippen molar-refractivity contribution in [3.63, 3.8) is 0 Å². The maximum Gasteiger partial charge on any atom is -0.0251 e. The van der Waals surface area contributed by atoms with E-state index in [0.717, 1.165) is 11.8 Å². The molecule has 0 aliphatic heterocycles. The monoisotopic (exact) mass is 198 g/mol. The third-order valence-corrected chi connectivity index (χ3v) is 4.23. The quantitative estimate of drug-likeness (QED) is 0.522. The van der Waals surface area contributed by atoms with Crippen molar-refractivity contribution in [3.05, 3.63) is 0 Å². The van der Waals surface area contributed by atoms with Gasteiger partial charge in [0, 0.05) is 0 Å². The van der Waals surface area contributed by atoms with Crippen LogP contribution in [0.5, 0.6) is 0 Å². The summed E-state index contributed by atoms with van der Waals surface area (Å²) in [6, 6.07) is 0. The number of hydrogen-bond acceptors (Lipinski definition) is 0. The molecule has 0 spiro atoms. The number of hydrogen-bond donors (Lipinski definition) is 0. The molecule has 0 heterocycles. The van der Waals surface area contributed by atoms with E-state index in [1.807, 2.05) is 0 Å². The van der Waals surface area contributed by atoms with Gasteiger partial charge in [0.05, 0.1) is 0 Å². The van der Waals surface area contributed by atoms with E-state index in [1.54, 1.807) is 0 Å². The molecule has 0 aliphatic rings. The fraction of sp³-hybridized carbons (Fsp3) is 1.00. The van der Waals surface area contributed by atoms with Crippen molar-refractivity contribution < 1.29 is 0 Å². The fourth-order valence-electron chi connectivity index (χ4n) is 3.22. The lowest BCUT2D eigenvalue weighted by molar-refractivity contribution is 0.0739. The Kier molecular flexibility index (Phi) is 6.48. The molecule has 0 aliphatic carbocycles. The summed E-state index contributed by atoms with van der Waals surface area (Å²) < 4.78 is 0. The molecule has 0 saturated heterocycles. The third-order valence-electron chi connectivity index (χ3n) is 4.23. The van der Waals surface area contributed by atoms with Crippen LogP contribution in [0.2, 0.25) is 0 Å². The van der Waals surface area contributed by atoms with E-state index >= 15 is 0 Å². The minimum atomic E-state index is 0.602. The lowest BCUT2D eigenvalue weighted by atomic mass is 9.63. The molecule has 0 saturated carbocycles. The van der Waals surface area contributed by atoms with Gasteiger partial charge in [0.2, 0.25) is 0 Å². The first-order valence-electron chi connectivity index (χ1n) is 6.55. The first kappa shape index (κ1) is 14.0. The number of rotatable bonds is 7. The maximum atomic E-state index is 2.46. The SMILES string of the molecule is CCCC(C)C(CC)(CCC)C(C)C. The normalized spacial score (nSPS) is 18.2. The second-order valence-electron chi connectivity index (χ2n) is 5.18. The largest absolute Gasteiger partial charge is 0.0654 e. The molecular formula is C14H30. The van der Waals surface area contributed by atoms with Gasteiger partial charge in [-0.15, -0.1) is 0 Å². The van der Waals surface area contributed by atoms with E-state index in [0.29, 0.717) is 5.41 Å². The first-order chi connectivity index (χ1) is 6.55. The molecule has 0 radical (unpaired) electrons. The van der Waals surface area contributed by atoms with Gasteiger partial charge in [-0.25, -0.2) is 0 Å². The molecule has 0 bridgehead atoms. The first-order valence-corrected chi connectivity index (χ1v) is 6.55. The van der Waals surface area contributed by atoms with Crippen LogP contribution in [0.3, 0.4) is 0 Å². The van der Waals surface area contributed by atoms with Crippen LogP contribution in [0.4, 0.5) is 0 Å². The summed E-state index contributed by atoms with van der Waals surface area (Å²) in [6.07, 6.45) is 6.81. The van der Waals surface area contributed by atoms with E-state index in [-0.39, 0.29) is 0 Å². The van der Waals surface area contributed by atoms with Crippen LogP contribution in [0, 0.1) is 17.3 Å². The average Bonchev–Trinajstić information content (AvgIpc) is 2.14. The molecule has 0 nitrogen and oxygen atoms in total. The second-order valence-corrected chi connectivity index (χ2v) is 5.18. The predicted octanol–water partition coefficient (Wildman–Crippen LogP) is 5.28. The van der Waals surface area contributed by atoms with Gasteiger partial charge in [0.1, 0.15) is 0 Å². The van der Waals surface area contributed by atoms with Crippen molar-refractivity contribution >= 4 is 0 Å². The highest BCUT2D eigenvalue weighted by atomic mass is 14.4. The molecule has 0 rings (SSSR count). The Morgan fingerprint density at radius 3 is 1.79 bits per heavy atom. The Morgan fingerprint density at radius 1 is 0.929 bits per heavy atom. The van der Waals surface area contributed by atoms with Crippen LogP contribution in [0.15, 0.2) is 0 Å². The standard InChI is InChI=1S/C14H30/c1-7-10-13(6)14(9-3,11-8-2)12(4)5/h12-13H,7-11H2,1-6H3. The van der Waals surface area contributed by atoms with Crippen molar-refractivity contribution in [2.45, 2.75) is 73.6 Å². The Labute approximate surface area is 91.5 Å². The molecule has 0 fully saturated rings. The van der Waals surface area contributed by atoms with Gasteiger partial charge in [-0.1, -0.05) is 60.8 Å². The van der Waals surface area contributed by atoms with Crippen molar-refractivity contribution in [2.75, 3.05) is 0 Å². The molecule has 0 aromatic carbocycles. The van der Waals surface area contributed by atoms with Crippen molar-refractivity contribution in [1.82, 2.24) is 0 Å². The van der Waals surface area contributed by atoms with E-state index in [4.69, 9.17) is 0 Å². The van der Waals surface area contributed by atoms with E-state index < -0.39 is 0 Å². The van der Waals surface area contributed by atoms with Crippen molar-refractivity contribution in [3.8, 4) is 0 Å². The van der Waals surface area contributed by atoms with Crippen LogP contribution in [-0.2, 0) is 0 Å². The molecule has 0 heteroatoms. The van der Waals surface area contributed by atoms with E-state index in [1.165, 1.54) is 32.1 Å². The Bertz CT molecular complexity index is 137. The van der Waals surface area contributed by atoms with Gasteiger partial charge in [-0.2, -0.15) is 0 Å². The molecular weight excluding hydrogens is 168 g/mol. The minimum Gasteiger partial charge on any atom is -0.0654 e. The summed E-state index contributed by atoms with van der Waals surface area (Å²) in [5.41, 5.74) is 0.602. The molecule has 2 atom stereocenters. The van der Waals surface area contributed by atoms with Gasteiger partial charge in [0.15, 0.2) is 0 Å². The lowest BCUT2D eigenvalue weighted by Gasteiger charge is -2.42. The van der Waals surface area contributed by atoms with Gasteiger partial charge in [-0.3, -0.25) is 0 Å². The third kappa shape index (κ3) is 3.00. The van der Waals surface area contributed by atoms with E-state index in [9.17, 15) is 0 Å². The summed E-state index contributed by atoms with van der Waals surface area (Å²) in [6.45, 7) is 14.3. The molecule has 86 valence electrons. The zero-order valence-electron chi connectivity index (χ0n) is 11.2. The van der Waals surface area contributed by atoms with Gasteiger partial charge < -0.3 is 0 Å². The molecule has 0 amide bonds. The molecule has 14 heavy (non-hydrogen) atoms. The average molecular weight is 198 g/mol. The highest BCUT2D eigenvalue weighted by Gasteiger charge is 2.35. The fourth-order valence-corrected chi connectivity index (χ4v) is 3.22. The van der Waals surface area contributed by atoms with Gasteiger partial charge >= 0.3 is 0 Å². The van der Waals surface area contributed by atoms with Crippen LogP contribution in [-0.4, -0.2) is 0 Å². The van der Waals surface area contributed by atoms with Crippen LogP contribution in [0.1, 0.15) is 73.6 Å². The summed E-state index contributed by atoms with van der Waals surface area (Å²) in [5, 5.41) is 0. The predicted molar refractivity (Wildman–Crippen MR) is 66.5 cm³/mol. The van der Waals surface area contributed by atoms with Crippen LogP contribution >= 0.6 is 0 Å². The van der Waals surface area contributed by atoms with Crippen LogP contribution < -0.4 is 0 Å². The summed E-state index contributed by atoms with van der Waals surface area (Å²) >= 11 is 0. The molecule has 0 aromatic rings. The smallest absolute Gasteiger partial charge is 0.0251 e. The topological polar surface area (TPSA) is 0 Å². The highest BCUT2D eigenvalue weighted by Crippen LogP contribution is 2.45. The Balaban J connectivity index is 4.63. The van der Waals surface area contributed by atoms with Gasteiger partial charge in [-0.05, 0) is 30.1 Å². The summed E-state index contributed by atoms with van der Waals surface area (Å²) in [5.74, 6) is 1.71. The van der Waals surface area contributed by atoms with Crippen LogP contribution in [0.25, 0.3) is 0 Å². The summed E-state index contributed by atoms with van der Waals surface area (Å²) in [7, 11) is 0. The van der Waals surface area contributed by atoms with Gasteiger partial charge in [0.25, 0.3) is 0 Å². The van der Waals surface area contributed by atoms with Crippen molar-refractivity contribution in [1.29, 1.82) is 0 Å². The Morgan fingerprint density at radius 2 is 1.50 bits per heavy atom. The zero-order chi connectivity index (χ0) is 11.2. The van der Waals surface area contributed by atoms with Crippen molar-refractivity contribution in [2.24, 2.45) is 17.3 Å². The maximum absolute atomic E-state index is 2.46. The summed E-state index contributed by atoms with van der Waals surface area (Å²) in [4.78, 5) is 0. The zero-order valence-corrected chi connectivity index (χ0v) is 11.2. The molecule has 0 N–H and O–H groups in total. The lowest BCUT2D eigenvalue weighted by Crippen LogP contribution is -2.33. The molecule has 2 unspecified atom stereocenters. The highest BCUT2D eigenvalue weighted by molar-refractivity contribution is 4.85. The molecule has 0 aromatic heterocycles. The minimum absolute atomic E-state index is 0.602. The Hall–Kier alpha value is 0. The van der Waals surface area contributed by atoms with E-state index in [2.05, 4.69) is 41.5 Å². The second kappa shape index (κ2) is 6.48.